The van der Waals surface area contributed by atoms with Crippen molar-refractivity contribution in [2.24, 2.45) is 0 Å². The molecule has 2 aliphatic rings. The Labute approximate surface area is 103 Å². The molecule has 0 aromatic rings. The average molecular weight is 248 g/mol. The second-order valence-corrected chi connectivity index (χ2v) is 4.05. The van der Waals surface area contributed by atoms with E-state index in [0.29, 0.717) is 25.4 Å². The zero-order valence-corrected chi connectivity index (χ0v) is 10.9. The molecule has 0 aromatic heterocycles. The highest BCUT2D eigenvalue weighted by atomic mass is 16.6. The third-order valence-corrected chi connectivity index (χ3v) is 2.19. The van der Waals surface area contributed by atoms with E-state index in [1.54, 1.807) is 7.11 Å². The summed E-state index contributed by atoms with van der Waals surface area (Å²) in [4.78, 5) is 0. The Morgan fingerprint density at radius 2 is 1.47 bits per heavy atom. The Balaban J connectivity index is 0.000000171. The van der Waals surface area contributed by atoms with E-state index in [1.807, 2.05) is 0 Å². The van der Waals surface area contributed by atoms with Crippen molar-refractivity contribution < 1.29 is 23.7 Å². The Kier molecular flexibility index (Phi) is 8.56. The SMILES string of the molecule is CCCOCC1CO1.COCCOCC1CO1. The molecule has 0 spiro atoms. The fourth-order valence-corrected chi connectivity index (χ4v) is 1.04. The molecular weight excluding hydrogens is 224 g/mol. The van der Waals surface area contributed by atoms with Crippen molar-refractivity contribution >= 4 is 0 Å². The van der Waals surface area contributed by atoms with Gasteiger partial charge in [0.2, 0.25) is 0 Å². The lowest BCUT2D eigenvalue weighted by atomic mass is 10.5. The van der Waals surface area contributed by atoms with Gasteiger partial charge in [0, 0.05) is 13.7 Å². The highest BCUT2D eigenvalue weighted by molar-refractivity contribution is 4.67. The van der Waals surface area contributed by atoms with E-state index in [0.717, 1.165) is 39.5 Å². The number of methoxy groups -OCH3 is 1. The number of epoxide rings is 2. The molecule has 2 saturated heterocycles. The molecule has 2 atom stereocenters. The van der Waals surface area contributed by atoms with Crippen LogP contribution < -0.4 is 0 Å². The van der Waals surface area contributed by atoms with Crippen LogP contribution in [0.5, 0.6) is 0 Å². The van der Waals surface area contributed by atoms with Crippen molar-refractivity contribution in [3.8, 4) is 0 Å². The molecule has 0 radical (unpaired) electrons. The maximum atomic E-state index is 5.18. The van der Waals surface area contributed by atoms with Crippen LogP contribution in [0.1, 0.15) is 13.3 Å². The van der Waals surface area contributed by atoms with Crippen LogP contribution in [0.25, 0.3) is 0 Å². The van der Waals surface area contributed by atoms with Gasteiger partial charge >= 0.3 is 0 Å². The molecule has 5 nitrogen and oxygen atoms in total. The van der Waals surface area contributed by atoms with Gasteiger partial charge in [0.05, 0.1) is 39.6 Å². The summed E-state index contributed by atoms with van der Waals surface area (Å²) in [6, 6.07) is 0. The van der Waals surface area contributed by atoms with Gasteiger partial charge in [-0.2, -0.15) is 0 Å². The van der Waals surface area contributed by atoms with Gasteiger partial charge in [0.15, 0.2) is 0 Å². The lowest BCUT2D eigenvalue weighted by molar-refractivity contribution is 0.0622. The summed E-state index contributed by atoms with van der Waals surface area (Å²) < 4.78 is 25.0. The topological polar surface area (TPSA) is 52.8 Å². The third-order valence-electron chi connectivity index (χ3n) is 2.19. The minimum Gasteiger partial charge on any atom is -0.382 e. The summed E-state index contributed by atoms with van der Waals surface area (Å²) in [5, 5.41) is 0. The number of rotatable bonds is 9. The molecule has 5 heteroatoms. The molecule has 2 heterocycles. The Morgan fingerprint density at radius 3 is 1.88 bits per heavy atom. The van der Waals surface area contributed by atoms with Crippen LogP contribution in [-0.2, 0) is 23.7 Å². The van der Waals surface area contributed by atoms with E-state index < -0.39 is 0 Å². The summed E-state index contributed by atoms with van der Waals surface area (Å²) in [6.45, 7) is 7.63. The van der Waals surface area contributed by atoms with Gasteiger partial charge < -0.3 is 23.7 Å². The summed E-state index contributed by atoms with van der Waals surface area (Å²) in [5.74, 6) is 0. The van der Waals surface area contributed by atoms with Gasteiger partial charge in [-0.1, -0.05) is 6.92 Å². The normalized spacial score (nSPS) is 25.1. The van der Waals surface area contributed by atoms with Gasteiger partial charge in [0.1, 0.15) is 12.2 Å². The number of hydrogen-bond acceptors (Lipinski definition) is 5. The minimum absolute atomic E-state index is 0.377. The van der Waals surface area contributed by atoms with Crippen molar-refractivity contribution in [1.29, 1.82) is 0 Å². The Hall–Kier alpha value is -0.200. The zero-order chi connectivity index (χ0) is 12.3. The summed E-state index contributed by atoms with van der Waals surface area (Å²) in [6.07, 6.45) is 1.91. The fourth-order valence-electron chi connectivity index (χ4n) is 1.04. The Bertz CT molecular complexity index is 168. The van der Waals surface area contributed by atoms with Crippen LogP contribution in [0.15, 0.2) is 0 Å². The average Bonchev–Trinajstić information content (AvgIpc) is 3.19. The fraction of sp³-hybridized carbons (Fsp3) is 1.00. The Morgan fingerprint density at radius 1 is 0.941 bits per heavy atom. The molecule has 0 aliphatic carbocycles. The van der Waals surface area contributed by atoms with E-state index in [1.165, 1.54) is 0 Å². The van der Waals surface area contributed by atoms with Gasteiger partial charge in [-0.15, -0.1) is 0 Å². The predicted molar refractivity (Wildman–Crippen MR) is 63.3 cm³/mol. The minimum atomic E-state index is 0.377. The van der Waals surface area contributed by atoms with E-state index in [9.17, 15) is 0 Å². The molecular formula is C12H24O5. The van der Waals surface area contributed by atoms with Crippen molar-refractivity contribution in [3.63, 3.8) is 0 Å². The van der Waals surface area contributed by atoms with Crippen molar-refractivity contribution in [2.75, 3.05) is 53.4 Å². The monoisotopic (exact) mass is 248 g/mol. The first kappa shape index (κ1) is 14.9. The summed E-state index contributed by atoms with van der Waals surface area (Å²) in [7, 11) is 1.66. The molecule has 0 bridgehead atoms. The maximum absolute atomic E-state index is 5.18. The van der Waals surface area contributed by atoms with E-state index in [2.05, 4.69) is 6.92 Å². The molecule has 17 heavy (non-hydrogen) atoms. The molecule has 0 saturated carbocycles. The quantitative estimate of drug-likeness (QED) is 0.447. The molecule has 102 valence electrons. The first-order valence-corrected chi connectivity index (χ1v) is 6.24. The summed E-state index contributed by atoms with van der Waals surface area (Å²) >= 11 is 0. The van der Waals surface area contributed by atoms with Gasteiger partial charge in [0.25, 0.3) is 0 Å². The smallest absolute Gasteiger partial charge is 0.104 e. The maximum Gasteiger partial charge on any atom is 0.104 e. The third kappa shape index (κ3) is 10.7. The highest BCUT2D eigenvalue weighted by Gasteiger charge is 2.22. The van der Waals surface area contributed by atoms with Crippen LogP contribution in [0.4, 0.5) is 0 Å². The van der Waals surface area contributed by atoms with Crippen molar-refractivity contribution in [1.82, 2.24) is 0 Å². The lowest BCUT2D eigenvalue weighted by Gasteiger charge is -1.98. The van der Waals surface area contributed by atoms with Crippen LogP contribution in [0, 0.1) is 0 Å². The molecule has 2 rings (SSSR count). The second-order valence-electron chi connectivity index (χ2n) is 4.05. The van der Waals surface area contributed by atoms with E-state index >= 15 is 0 Å². The molecule has 2 unspecified atom stereocenters. The number of hydrogen-bond donors (Lipinski definition) is 0. The van der Waals surface area contributed by atoms with Crippen molar-refractivity contribution in [3.05, 3.63) is 0 Å². The lowest BCUT2D eigenvalue weighted by Crippen LogP contribution is -2.06. The molecule has 0 amide bonds. The zero-order valence-electron chi connectivity index (χ0n) is 10.9. The molecule has 0 aromatic carbocycles. The first-order valence-electron chi connectivity index (χ1n) is 6.24. The second kappa shape index (κ2) is 9.79. The van der Waals surface area contributed by atoms with E-state index in [4.69, 9.17) is 23.7 Å². The van der Waals surface area contributed by atoms with Gasteiger partial charge in [-0.3, -0.25) is 0 Å². The molecule has 0 N–H and O–H groups in total. The van der Waals surface area contributed by atoms with Crippen LogP contribution in [-0.4, -0.2) is 65.6 Å². The van der Waals surface area contributed by atoms with Crippen LogP contribution >= 0.6 is 0 Å². The molecule has 2 fully saturated rings. The largest absolute Gasteiger partial charge is 0.382 e. The van der Waals surface area contributed by atoms with Gasteiger partial charge in [-0.25, -0.2) is 0 Å². The standard InChI is InChI=1S/C6H12O3.C6H12O2/c1-7-2-3-8-4-6-5-9-6;1-2-3-7-4-6-5-8-6/h6H,2-5H2,1H3;6H,2-5H2,1H3. The number of ether oxygens (including phenoxy) is 5. The van der Waals surface area contributed by atoms with Crippen LogP contribution in [0.3, 0.4) is 0 Å². The van der Waals surface area contributed by atoms with Gasteiger partial charge in [-0.05, 0) is 6.42 Å². The van der Waals surface area contributed by atoms with E-state index in [-0.39, 0.29) is 0 Å². The predicted octanol–water partition coefficient (Wildman–Crippen LogP) is 0.860. The molecule has 2 aliphatic heterocycles. The van der Waals surface area contributed by atoms with Crippen molar-refractivity contribution in [2.45, 2.75) is 25.6 Å². The summed E-state index contributed by atoms with van der Waals surface area (Å²) in [5.41, 5.74) is 0. The van der Waals surface area contributed by atoms with Crippen LogP contribution in [0.2, 0.25) is 0 Å². The highest BCUT2D eigenvalue weighted by Crippen LogP contribution is 2.08. The first-order chi connectivity index (χ1) is 8.36.